The molecule has 4 nitrogen and oxygen atoms in total. The highest BCUT2D eigenvalue weighted by atomic mass is 35.5. The van der Waals surface area contributed by atoms with Crippen molar-refractivity contribution < 1.29 is 9.90 Å². The smallest absolute Gasteiger partial charge is 0.239 e. The van der Waals surface area contributed by atoms with Gasteiger partial charge in [-0.15, -0.1) is 0 Å². The predicted molar refractivity (Wildman–Crippen MR) is 67.4 cm³/mol. The Morgan fingerprint density at radius 1 is 1.59 bits per heavy atom. The number of rotatable bonds is 2. The van der Waals surface area contributed by atoms with Crippen LogP contribution in [-0.4, -0.2) is 36.8 Å². The molecular formula is C12H15ClN2O2. The van der Waals surface area contributed by atoms with E-state index in [0.29, 0.717) is 18.1 Å². The van der Waals surface area contributed by atoms with Gasteiger partial charge in [0.05, 0.1) is 19.2 Å². The average molecular weight is 255 g/mol. The fourth-order valence-corrected chi connectivity index (χ4v) is 2.22. The van der Waals surface area contributed by atoms with E-state index in [1.807, 2.05) is 30.0 Å². The van der Waals surface area contributed by atoms with Crippen LogP contribution in [0.4, 0.5) is 5.69 Å². The molecule has 1 heterocycles. The summed E-state index contributed by atoms with van der Waals surface area (Å²) in [7, 11) is 0. The van der Waals surface area contributed by atoms with Gasteiger partial charge in [0.2, 0.25) is 5.91 Å². The Morgan fingerprint density at radius 2 is 2.35 bits per heavy atom. The summed E-state index contributed by atoms with van der Waals surface area (Å²) in [6.45, 7) is 2.78. The van der Waals surface area contributed by atoms with Gasteiger partial charge in [0, 0.05) is 17.3 Å². The van der Waals surface area contributed by atoms with Crippen molar-refractivity contribution in [2.75, 3.05) is 24.6 Å². The summed E-state index contributed by atoms with van der Waals surface area (Å²) in [5.41, 5.74) is 1.91. The van der Waals surface area contributed by atoms with Gasteiger partial charge < -0.3 is 15.3 Å². The molecule has 0 saturated carbocycles. The molecule has 1 fully saturated rings. The van der Waals surface area contributed by atoms with Gasteiger partial charge in [0.1, 0.15) is 0 Å². The molecule has 1 aliphatic heterocycles. The molecule has 1 aromatic carbocycles. The summed E-state index contributed by atoms with van der Waals surface area (Å²) in [6.07, 6.45) is 0. The minimum Gasteiger partial charge on any atom is -0.394 e. The van der Waals surface area contributed by atoms with Crippen LogP contribution in [0.15, 0.2) is 18.2 Å². The summed E-state index contributed by atoms with van der Waals surface area (Å²) < 4.78 is 0. The zero-order valence-electron chi connectivity index (χ0n) is 9.61. The lowest BCUT2D eigenvalue weighted by Gasteiger charge is -2.34. The maximum absolute atomic E-state index is 11.5. The quantitative estimate of drug-likeness (QED) is 0.826. The highest BCUT2D eigenvalue weighted by molar-refractivity contribution is 6.31. The van der Waals surface area contributed by atoms with Crippen molar-refractivity contribution in [2.24, 2.45) is 0 Å². The molecule has 1 saturated heterocycles. The number of aliphatic hydroxyl groups excluding tert-OH is 1. The maximum atomic E-state index is 11.5. The lowest BCUT2D eigenvalue weighted by molar-refractivity contribution is -0.121. The number of nitrogens with zero attached hydrogens (tertiary/aromatic N) is 1. The lowest BCUT2D eigenvalue weighted by atomic mass is 10.1. The Labute approximate surface area is 105 Å². The maximum Gasteiger partial charge on any atom is 0.239 e. The van der Waals surface area contributed by atoms with Gasteiger partial charge >= 0.3 is 0 Å². The summed E-state index contributed by atoms with van der Waals surface area (Å²) >= 11 is 6.06. The number of carbonyl (C=O) groups is 1. The van der Waals surface area contributed by atoms with Gasteiger partial charge in [0.15, 0.2) is 0 Å². The topological polar surface area (TPSA) is 52.6 Å². The lowest BCUT2D eigenvalue weighted by Crippen LogP contribution is -2.55. The summed E-state index contributed by atoms with van der Waals surface area (Å²) in [5.74, 6) is -0.0744. The van der Waals surface area contributed by atoms with Crippen molar-refractivity contribution in [2.45, 2.75) is 13.0 Å². The monoisotopic (exact) mass is 254 g/mol. The molecule has 0 aliphatic carbocycles. The van der Waals surface area contributed by atoms with E-state index >= 15 is 0 Å². The molecule has 17 heavy (non-hydrogen) atoms. The average Bonchev–Trinajstić information content (AvgIpc) is 2.31. The van der Waals surface area contributed by atoms with Crippen molar-refractivity contribution in [1.82, 2.24) is 5.32 Å². The summed E-state index contributed by atoms with van der Waals surface area (Å²) in [5, 5.41) is 12.6. The number of anilines is 1. The van der Waals surface area contributed by atoms with E-state index in [2.05, 4.69) is 5.32 Å². The van der Waals surface area contributed by atoms with Crippen LogP contribution in [0, 0.1) is 6.92 Å². The molecule has 2 rings (SSSR count). The van der Waals surface area contributed by atoms with Gasteiger partial charge in [-0.3, -0.25) is 4.79 Å². The number of amides is 1. The third kappa shape index (κ3) is 2.53. The molecule has 1 atom stereocenters. The fraction of sp³-hybridized carbons (Fsp3) is 0.417. The third-order valence-corrected chi connectivity index (χ3v) is 3.35. The molecule has 1 aliphatic rings. The number of benzene rings is 1. The van der Waals surface area contributed by atoms with E-state index in [9.17, 15) is 4.79 Å². The number of carbonyl (C=O) groups excluding carboxylic acids is 1. The second-order valence-corrected chi connectivity index (χ2v) is 4.62. The van der Waals surface area contributed by atoms with E-state index in [1.54, 1.807) is 0 Å². The van der Waals surface area contributed by atoms with Crippen molar-refractivity contribution in [3.8, 4) is 0 Å². The van der Waals surface area contributed by atoms with Crippen LogP contribution < -0.4 is 10.2 Å². The molecule has 0 bridgehead atoms. The van der Waals surface area contributed by atoms with Crippen LogP contribution in [-0.2, 0) is 4.79 Å². The van der Waals surface area contributed by atoms with Crippen LogP contribution in [0.1, 0.15) is 5.56 Å². The minimum atomic E-state index is -0.213. The van der Waals surface area contributed by atoms with Crippen molar-refractivity contribution >= 4 is 23.2 Å². The first kappa shape index (κ1) is 12.2. The molecule has 0 aromatic heterocycles. The second kappa shape index (κ2) is 4.94. The largest absolute Gasteiger partial charge is 0.394 e. The molecule has 0 spiro atoms. The van der Waals surface area contributed by atoms with Gasteiger partial charge in [-0.25, -0.2) is 0 Å². The van der Waals surface area contributed by atoms with Crippen LogP contribution in [0.3, 0.4) is 0 Å². The Bertz CT molecular complexity index is 437. The fourth-order valence-electron chi connectivity index (χ4n) is 2.05. The third-order valence-electron chi connectivity index (χ3n) is 2.94. The zero-order chi connectivity index (χ0) is 12.4. The molecule has 92 valence electrons. The molecule has 0 radical (unpaired) electrons. The van der Waals surface area contributed by atoms with Crippen LogP contribution in [0.2, 0.25) is 5.02 Å². The summed E-state index contributed by atoms with van der Waals surface area (Å²) in [4.78, 5) is 13.5. The SMILES string of the molecule is Cc1c(Cl)cccc1N1CC(=O)NC(CO)C1. The highest BCUT2D eigenvalue weighted by Crippen LogP contribution is 2.27. The Balaban J connectivity index is 2.26. The number of halogens is 1. The minimum absolute atomic E-state index is 0.0537. The first-order chi connectivity index (χ1) is 8.11. The summed E-state index contributed by atoms with van der Waals surface area (Å²) in [6, 6.07) is 5.42. The molecule has 5 heteroatoms. The number of piperazine rings is 1. The van der Waals surface area contributed by atoms with E-state index in [-0.39, 0.29) is 18.6 Å². The van der Waals surface area contributed by atoms with Gasteiger partial charge in [-0.2, -0.15) is 0 Å². The van der Waals surface area contributed by atoms with Gasteiger partial charge in [-0.05, 0) is 24.6 Å². The standard InChI is InChI=1S/C12H15ClN2O2/c1-8-10(13)3-2-4-11(8)15-5-9(7-16)14-12(17)6-15/h2-4,9,16H,5-7H2,1H3,(H,14,17). The van der Waals surface area contributed by atoms with Crippen LogP contribution in [0.25, 0.3) is 0 Å². The predicted octanol–water partition coefficient (Wildman–Crippen LogP) is 0.946. The molecular weight excluding hydrogens is 240 g/mol. The highest BCUT2D eigenvalue weighted by Gasteiger charge is 2.25. The van der Waals surface area contributed by atoms with Crippen molar-refractivity contribution in [3.05, 3.63) is 28.8 Å². The number of hydrogen-bond acceptors (Lipinski definition) is 3. The first-order valence-corrected chi connectivity index (χ1v) is 5.90. The Kier molecular flexibility index (Phi) is 3.54. The van der Waals surface area contributed by atoms with Gasteiger partial charge in [-0.1, -0.05) is 17.7 Å². The van der Waals surface area contributed by atoms with E-state index < -0.39 is 0 Å². The number of nitrogens with one attached hydrogen (secondary N) is 1. The van der Waals surface area contributed by atoms with E-state index in [0.717, 1.165) is 11.3 Å². The van der Waals surface area contributed by atoms with E-state index in [4.69, 9.17) is 16.7 Å². The Morgan fingerprint density at radius 3 is 3.06 bits per heavy atom. The van der Waals surface area contributed by atoms with Crippen molar-refractivity contribution in [1.29, 1.82) is 0 Å². The molecule has 2 N–H and O–H groups in total. The van der Waals surface area contributed by atoms with Crippen LogP contribution in [0.5, 0.6) is 0 Å². The van der Waals surface area contributed by atoms with E-state index in [1.165, 1.54) is 0 Å². The van der Waals surface area contributed by atoms with Crippen LogP contribution >= 0.6 is 11.6 Å². The normalized spacial score (nSPS) is 20.3. The molecule has 1 unspecified atom stereocenters. The Hall–Kier alpha value is -1.26. The second-order valence-electron chi connectivity index (χ2n) is 4.21. The van der Waals surface area contributed by atoms with Gasteiger partial charge in [0.25, 0.3) is 0 Å². The first-order valence-electron chi connectivity index (χ1n) is 5.52. The molecule has 1 aromatic rings. The van der Waals surface area contributed by atoms with Crippen molar-refractivity contribution in [3.63, 3.8) is 0 Å². The molecule has 1 amide bonds. The zero-order valence-corrected chi connectivity index (χ0v) is 10.4. The number of hydrogen-bond donors (Lipinski definition) is 2. The number of aliphatic hydroxyl groups is 1.